The molecule has 0 amide bonds. The van der Waals surface area contributed by atoms with Crippen LogP contribution in [0.25, 0.3) is 0 Å². The molecule has 0 saturated heterocycles. The summed E-state index contributed by atoms with van der Waals surface area (Å²) in [6, 6.07) is 8.55. The molecule has 2 heteroatoms. The molecular weight excluding hydrogens is 220 g/mol. The quantitative estimate of drug-likeness (QED) is 0.878. The van der Waals surface area contributed by atoms with Crippen LogP contribution in [0.5, 0.6) is 0 Å². The summed E-state index contributed by atoms with van der Waals surface area (Å²) in [7, 11) is 0. The number of nitriles is 1. The van der Waals surface area contributed by atoms with Crippen LogP contribution in [-0.2, 0) is 5.41 Å². The van der Waals surface area contributed by atoms with Gasteiger partial charge in [-0.05, 0) is 35.4 Å². The Balaban J connectivity index is 3.20. The minimum atomic E-state index is -0.192. The lowest BCUT2D eigenvalue weighted by Gasteiger charge is -2.24. The van der Waals surface area contributed by atoms with Gasteiger partial charge in [-0.25, -0.2) is 0 Å². The molecule has 2 atom stereocenters. The summed E-state index contributed by atoms with van der Waals surface area (Å²) in [4.78, 5) is 0. The smallest absolute Gasteiger partial charge is 0.0675 e. The van der Waals surface area contributed by atoms with Crippen LogP contribution >= 0.6 is 0 Å². The first kappa shape index (κ1) is 14.7. The second-order valence-corrected chi connectivity index (χ2v) is 5.99. The molecule has 0 radical (unpaired) electrons. The van der Waals surface area contributed by atoms with Crippen molar-refractivity contribution in [3.63, 3.8) is 0 Å². The van der Waals surface area contributed by atoms with E-state index < -0.39 is 0 Å². The van der Waals surface area contributed by atoms with Crippen LogP contribution in [0, 0.1) is 24.2 Å². The predicted octanol–water partition coefficient (Wildman–Crippen LogP) is 3.84. The van der Waals surface area contributed by atoms with Crippen molar-refractivity contribution in [2.24, 2.45) is 11.7 Å². The molecule has 2 nitrogen and oxygen atoms in total. The van der Waals surface area contributed by atoms with Gasteiger partial charge in [-0.3, -0.25) is 0 Å². The Labute approximate surface area is 111 Å². The summed E-state index contributed by atoms with van der Waals surface area (Å²) in [5.74, 6) is -0.112. The molecule has 1 rings (SSSR count). The second-order valence-electron chi connectivity index (χ2n) is 5.99. The summed E-state index contributed by atoms with van der Waals surface area (Å²) in [6.45, 7) is 10.6. The topological polar surface area (TPSA) is 49.8 Å². The van der Waals surface area contributed by atoms with Gasteiger partial charge in [0.05, 0.1) is 12.0 Å². The number of rotatable bonds is 3. The molecule has 1 aromatic rings. The minimum Gasteiger partial charge on any atom is -0.323 e. The summed E-state index contributed by atoms with van der Waals surface area (Å²) in [5, 5.41) is 9.15. The van der Waals surface area contributed by atoms with E-state index in [1.807, 2.05) is 6.92 Å². The van der Waals surface area contributed by atoms with Gasteiger partial charge in [0.1, 0.15) is 0 Å². The van der Waals surface area contributed by atoms with E-state index in [0.717, 1.165) is 12.0 Å². The zero-order chi connectivity index (χ0) is 13.9. The first-order valence-corrected chi connectivity index (χ1v) is 6.57. The minimum absolute atomic E-state index is 0.108. The normalized spacial score (nSPS) is 14.9. The molecule has 0 heterocycles. The van der Waals surface area contributed by atoms with Crippen molar-refractivity contribution in [3.05, 3.63) is 34.9 Å². The van der Waals surface area contributed by atoms with Gasteiger partial charge in [-0.1, -0.05) is 45.9 Å². The van der Waals surface area contributed by atoms with Gasteiger partial charge in [0.15, 0.2) is 0 Å². The number of nitrogens with zero attached hydrogens (tertiary/aromatic N) is 1. The summed E-state index contributed by atoms with van der Waals surface area (Å²) in [5.41, 5.74) is 9.91. The molecule has 18 heavy (non-hydrogen) atoms. The van der Waals surface area contributed by atoms with Gasteiger partial charge in [0.2, 0.25) is 0 Å². The van der Waals surface area contributed by atoms with Crippen molar-refractivity contribution in [2.45, 2.75) is 52.5 Å². The van der Waals surface area contributed by atoms with Crippen molar-refractivity contribution in [2.75, 3.05) is 0 Å². The highest BCUT2D eigenvalue weighted by Gasteiger charge is 2.21. The molecule has 0 aliphatic carbocycles. The Hall–Kier alpha value is -1.33. The Morgan fingerprint density at radius 3 is 2.39 bits per heavy atom. The summed E-state index contributed by atoms with van der Waals surface area (Å²) >= 11 is 0. The average Bonchev–Trinajstić information content (AvgIpc) is 2.29. The number of hydrogen-bond donors (Lipinski definition) is 1. The van der Waals surface area contributed by atoms with Crippen LogP contribution in [0.1, 0.15) is 56.8 Å². The van der Waals surface area contributed by atoms with E-state index in [9.17, 15) is 0 Å². The molecule has 98 valence electrons. The first-order valence-electron chi connectivity index (χ1n) is 6.57. The van der Waals surface area contributed by atoms with Crippen molar-refractivity contribution >= 4 is 0 Å². The van der Waals surface area contributed by atoms with E-state index in [1.165, 1.54) is 11.1 Å². The van der Waals surface area contributed by atoms with Crippen molar-refractivity contribution < 1.29 is 0 Å². The van der Waals surface area contributed by atoms with Crippen molar-refractivity contribution in [1.82, 2.24) is 0 Å². The standard InChI is InChI=1S/C16H24N2/c1-6-12(10-17)15(18)14-9-13(16(3,4)5)8-7-11(14)2/h7-9,12,15H,6,18H2,1-5H3. The van der Waals surface area contributed by atoms with Crippen molar-refractivity contribution in [1.29, 1.82) is 5.26 Å². The number of aryl methyl sites for hydroxylation is 1. The largest absolute Gasteiger partial charge is 0.323 e. The third-order valence-electron chi connectivity index (χ3n) is 3.54. The van der Waals surface area contributed by atoms with Crippen molar-refractivity contribution in [3.8, 4) is 6.07 Å². The van der Waals surface area contributed by atoms with E-state index in [1.54, 1.807) is 0 Å². The summed E-state index contributed by atoms with van der Waals surface area (Å²) in [6.07, 6.45) is 0.789. The Kier molecular flexibility index (Phi) is 4.53. The molecule has 2 N–H and O–H groups in total. The molecule has 0 bridgehead atoms. The third kappa shape index (κ3) is 3.11. The van der Waals surface area contributed by atoms with E-state index in [0.29, 0.717) is 0 Å². The number of benzene rings is 1. The van der Waals surface area contributed by atoms with Crippen LogP contribution in [0.4, 0.5) is 0 Å². The average molecular weight is 244 g/mol. The van der Waals surface area contributed by atoms with E-state index in [2.05, 4.69) is 52.0 Å². The maximum Gasteiger partial charge on any atom is 0.0675 e. The fourth-order valence-corrected chi connectivity index (χ4v) is 2.11. The fraction of sp³-hybridized carbons (Fsp3) is 0.562. The molecule has 1 aromatic carbocycles. The molecule has 0 aliphatic heterocycles. The molecular formula is C16H24N2. The SMILES string of the molecule is CCC(C#N)C(N)c1cc(C(C)(C)C)ccc1C. The molecule has 2 unspecified atom stereocenters. The van der Waals surface area contributed by atoms with Gasteiger partial charge in [0, 0.05) is 6.04 Å². The fourth-order valence-electron chi connectivity index (χ4n) is 2.11. The highest BCUT2D eigenvalue weighted by atomic mass is 14.7. The number of hydrogen-bond acceptors (Lipinski definition) is 2. The highest BCUT2D eigenvalue weighted by molar-refractivity contribution is 5.37. The molecule has 0 aromatic heterocycles. The van der Waals surface area contributed by atoms with Crippen LogP contribution in [0.3, 0.4) is 0 Å². The summed E-state index contributed by atoms with van der Waals surface area (Å²) < 4.78 is 0. The highest BCUT2D eigenvalue weighted by Crippen LogP contribution is 2.30. The molecule has 0 saturated carbocycles. The maximum absolute atomic E-state index is 9.15. The lowest BCUT2D eigenvalue weighted by molar-refractivity contribution is 0.512. The lowest BCUT2D eigenvalue weighted by atomic mass is 9.82. The van der Waals surface area contributed by atoms with E-state index >= 15 is 0 Å². The Bertz CT molecular complexity index is 449. The molecule has 0 aliphatic rings. The van der Waals surface area contributed by atoms with Gasteiger partial charge in [-0.15, -0.1) is 0 Å². The van der Waals surface area contributed by atoms with E-state index in [4.69, 9.17) is 11.0 Å². The zero-order valence-corrected chi connectivity index (χ0v) is 12.1. The van der Waals surface area contributed by atoms with Gasteiger partial charge >= 0.3 is 0 Å². The Morgan fingerprint density at radius 1 is 1.33 bits per heavy atom. The van der Waals surface area contributed by atoms with Crippen LogP contribution in [0.2, 0.25) is 0 Å². The lowest BCUT2D eigenvalue weighted by Crippen LogP contribution is -2.22. The zero-order valence-electron chi connectivity index (χ0n) is 12.1. The monoisotopic (exact) mass is 244 g/mol. The molecule has 0 fully saturated rings. The van der Waals surface area contributed by atoms with Gasteiger partial charge < -0.3 is 5.73 Å². The molecule has 0 spiro atoms. The van der Waals surface area contributed by atoms with Crippen LogP contribution < -0.4 is 5.73 Å². The van der Waals surface area contributed by atoms with Gasteiger partial charge in [0.25, 0.3) is 0 Å². The first-order chi connectivity index (χ1) is 8.31. The second kappa shape index (κ2) is 5.54. The van der Waals surface area contributed by atoms with Gasteiger partial charge in [-0.2, -0.15) is 5.26 Å². The van der Waals surface area contributed by atoms with Crippen LogP contribution in [-0.4, -0.2) is 0 Å². The predicted molar refractivity (Wildman–Crippen MR) is 76.2 cm³/mol. The third-order valence-corrected chi connectivity index (χ3v) is 3.54. The maximum atomic E-state index is 9.15. The number of nitrogens with two attached hydrogens (primary N) is 1. The Morgan fingerprint density at radius 2 is 1.94 bits per heavy atom. The van der Waals surface area contributed by atoms with E-state index in [-0.39, 0.29) is 17.4 Å². The van der Waals surface area contributed by atoms with Crippen LogP contribution in [0.15, 0.2) is 18.2 Å².